The topological polar surface area (TPSA) is 4.36 Å². The van der Waals surface area contributed by atoms with Gasteiger partial charge in [-0.1, -0.05) is 23.7 Å². The van der Waals surface area contributed by atoms with E-state index in [9.17, 15) is 0 Å². The Kier molecular flexibility index (Phi) is 2.95. The van der Waals surface area contributed by atoms with E-state index in [-0.39, 0.29) is 5.41 Å². The summed E-state index contributed by atoms with van der Waals surface area (Å²) < 4.78 is 0. The van der Waals surface area contributed by atoms with E-state index in [0.29, 0.717) is 6.54 Å². The van der Waals surface area contributed by atoms with E-state index in [1.807, 2.05) is 24.3 Å². The molecule has 0 saturated carbocycles. The second kappa shape index (κ2) is 3.81. The van der Waals surface area contributed by atoms with Crippen molar-refractivity contribution in [3.63, 3.8) is 0 Å². The van der Waals surface area contributed by atoms with Crippen molar-refractivity contribution in [3.8, 4) is 0 Å². The van der Waals surface area contributed by atoms with Gasteiger partial charge in [-0.3, -0.25) is 0 Å². The molecule has 13 heavy (non-hydrogen) atoms. The monoisotopic (exact) mass is 193 g/mol. The summed E-state index contributed by atoms with van der Waals surface area (Å²) >= 11 is 5.78. The van der Waals surface area contributed by atoms with Crippen LogP contribution in [0.3, 0.4) is 0 Å². The summed E-state index contributed by atoms with van der Waals surface area (Å²) in [4.78, 5) is 3.42. The summed E-state index contributed by atoms with van der Waals surface area (Å²) in [5.41, 5.74) is 1.08. The Morgan fingerprint density at radius 1 is 1.31 bits per heavy atom. The van der Waals surface area contributed by atoms with Gasteiger partial charge in [0.05, 0.1) is 5.41 Å². The molecule has 1 nitrogen and oxygen atoms in total. The predicted octanol–water partition coefficient (Wildman–Crippen LogP) is 3.54. The van der Waals surface area contributed by atoms with Crippen LogP contribution in [0.4, 0.5) is 0 Å². The summed E-state index contributed by atoms with van der Waals surface area (Å²) in [6.45, 7) is 11.5. The lowest BCUT2D eigenvalue weighted by atomic mass is 9.85. The van der Waals surface area contributed by atoms with Gasteiger partial charge in [0.15, 0.2) is 0 Å². The summed E-state index contributed by atoms with van der Waals surface area (Å²) in [7, 11) is 0. The normalized spacial score (nSPS) is 10.9. The van der Waals surface area contributed by atoms with Crippen molar-refractivity contribution >= 4 is 11.6 Å². The molecule has 1 aromatic carbocycles. The molecule has 0 aliphatic heterocycles. The molecule has 0 atom stereocenters. The van der Waals surface area contributed by atoms with Crippen molar-refractivity contribution in [2.75, 3.05) is 6.54 Å². The van der Waals surface area contributed by atoms with E-state index < -0.39 is 0 Å². The van der Waals surface area contributed by atoms with Crippen LogP contribution in [0.5, 0.6) is 0 Å². The van der Waals surface area contributed by atoms with Crippen LogP contribution in [0, 0.1) is 6.57 Å². The first-order chi connectivity index (χ1) is 6.06. The standard InChI is InChI=1S/C11H12ClN/c1-11(2,8-13-3)9-4-6-10(12)7-5-9/h4-7H,8H2,1-2H3. The molecular weight excluding hydrogens is 182 g/mol. The van der Waals surface area contributed by atoms with Gasteiger partial charge < -0.3 is 4.85 Å². The van der Waals surface area contributed by atoms with Gasteiger partial charge in [-0.2, -0.15) is 0 Å². The number of nitrogens with zero attached hydrogens (tertiary/aromatic N) is 1. The Morgan fingerprint density at radius 3 is 2.31 bits per heavy atom. The zero-order chi connectivity index (χ0) is 9.90. The van der Waals surface area contributed by atoms with Crippen LogP contribution in [-0.4, -0.2) is 6.54 Å². The van der Waals surface area contributed by atoms with Gasteiger partial charge in [0.25, 0.3) is 0 Å². The lowest BCUT2D eigenvalue weighted by molar-refractivity contribution is 0.572. The van der Waals surface area contributed by atoms with E-state index >= 15 is 0 Å². The number of rotatable bonds is 2. The van der Waals surface area contributed by atoms with Crippen LogP contribution in [-0.2, 0) is 5.41 Å². The Bertz CT molecular complexity index is 319. The molecule has 0 spiro atoms. The van der Waals surface area contributed by atoms with Gasteiger partial charge in [-0.15, -0.1) is 0 Å². The highest BCUT2D eigenvalue weighted by Crippen LogP contribution is 2.24. The lowest BCUT2D eigenvalue weighted by Crippen LogP contribution is -2.19. The Hall–Kier alpha value is -1.00. The zero-order valence-corrected chi connectivity index (χ0v) is 8.60. The third kappa shape index (κ3) is 2.47. The van der Waals surface area contributed by atoms with E-state index in [0.717, 1.165) is 10.6 Å². The van der Waals surface area contributed by atoms with Gasteiger partial charge in [0, 0.05) is 5.02 Å². The summed E-state index contributed by atoms with van der Waals surface area (Å²) in [5, 5.41) is 0.738. The van der Waals surface area contributed by atoms with E-state index in [1.54, 1.807) is 0 Å². The molecule has 2 heteroatoms. The molecule has 0 aliphatic carbocycles. The third-order valence-electron chi connectivity index (χ3n) is 2.10. The second-order valence-electron chi connectivity index (χ2n) is 3.71. The highest BCUT2D eigenvalue weighted by molar-refractivity contribution is 6.30. The maximum atomic E-state index is 6.85. The first-order valence-corrected chi connectivity index (χ1v) is 4.53. The van der Waals surface area contributed by atoms with Crippen LogP contribution in [0.2, 0.25) is 5.02 Å². The smallest absolute Gasteiger partial charge is 0.223 e. The number of benzene rings is 1. The molecule has 0 bridgehead atoms. The van der Waals surface area contributed by atoms with Gasteiger partial charge in [0.1, 0.15) is 0 Å². The SMILES string of the molecule is [C-]#[N+]CC(C)(C)c1ccc(Cl)cc1. The molecule has 0 fully saturated rings. The maximum absolute atomic E-state index is 6.85. The molecule has 0 heterocycles. The molecule has 0 saturated heterocycles. The lowest BCUT2D eigenvalue weighted by Gasteiger charge is -2.18. The molecule has 68 valence electrons. The highest BCUT2D eigenvalue weighted by atomic mass is 35.5. The summed E-state index contributed by atoms with van der Waals surface area (Å²) in [5.74, 6) is 0. The van der Waals surface area contributed by atoms with Crippen molar-refractivity contribution < 1.29 is 0 Å². The van der Waals surface area contributed by atoms with Gasteiger partial charge in [-0.05, 0) is 31.5 Å². The third-order valence-corrected chi connectivity index (χ3v) is 2.35. The molecule has 0 unspecified atom stereocenters. The van der Waals surface area contributed by atoms with Gasteiger partial charge >= 0.3 is 0 Å². The average molecular weight is 194 g/mol. The molecule has 0 amide bonds. The van der Waals surface area contributed by atoms with Crippen LogP contribution in [0.15, 0.2) is 24.3 Å². The average Bonchev–Trinajstić information content (AvgIpc) is 2.05. The quantitative estimate of drug-likeness (QED) is 0.633. The zero-order valence-electron chi connectivity index (χ0n) is 7.84. The molecular formula is C11H12ClN. The molecule has 0 N–H and O–H groups in total. The molecule has 0 radical (unpaired) electrons. The summed E-state index contributed by atoms with van der Waals surface area (Å²) in [6.07, 6.45) is 0. The largest absolute Gasteiger partial charge is 0.316 e. The van der Waals surface area contributed by atoms with Gasteiger partial charge in [0.2, 0.25) is 6.54 Å². The number of hydrogen-bond donors (Lipinski definition) is 0. The first-order valence-electron chi connectivity index (χ1n) is 4.15. The van der Waals surface area contributed by atoms with Crippen molar-refractivity contribution in [2.24, 2.45) is 0 Å². The van der Waals surface area contributed by atoms with Crippen LogP contribution in [0.25, 0.3) is 4.85 Å². The van der Waals surface area contributed by atoms with Crippen LogP contribution < -0.4 is 0 Å². The molecule has 0 aliphatic rings. The molecule has 1 rings (SSSR count). The van der Waals surface area contributed by atoms with Crippen molar-refractivity contribution in [1.29, 1.82) is 0 Å². The van der Waals surface area contributed by atoms with Crippen LogP contribution >= 0.6 is 11.6 Å². The molecule has 0 aromatic heterocycles. The number of halogens is 1. The molecule has 1 aromatic rings. The fraction of sp³-hybridized carbons (Fsp3) is 0.364. The highest BCUT2D eigenvalue weighted by Gasteiger charge is 2.23. The predicted molar refractivity (Wildman–Crippen MR) is 55.9 cm³/mol. The van der Waals surface area contributed by atoms with Crippen molar-refractivity contribution in [3.05, 3.63) is 46.3 Å². The Morgan fingerprint density at radius 2 is 1.85 bits per heavy atom. The van der Waals surface area contributed by atoms with Gasteiger partial charge in [-0.25, -0.2) is 6.57 Å². The van der Waals surface area contributed by atoms with Crippen molar-refractivity contribution in [1.82, 2.24) is 0 Å². The van der Waals surface area contributed by atoms with Crippen LogP contribution in [0.1, 0.15) is 19.4 Å². The van der Waals surface area contributed by atoms with Crippen molar-refractivity contribution in [2.45, 2.75) is 19.3 Å². The fourth-order valence-corrected chi connectivity index (χ4v) is 1.32. The van der Waals surface area contributed by atoms with E-state index in [1.165, 1.54) is 0 Å². The first kappa shape index (κ1) is 10.1. The minimum atomic E-state index is -0.0770. The van der Waals surface area contributed by atoms with E-state index in [4.69, 9.17) is 18.2 Å². The minimum Gasteiger partial charge on any atom is -0.316 e. The fourth-order valence-electron chi connectivity index (χ4n) is 1.19. The second-order valence-corrected chi connectivity index (χ2v) is 4.14. The maximum Gasteiger partial charge on any atom is 0.223 e. The summed E-state index contributed by atoms with van der Waals surface area (Å²) in [6, 6.07) is 7.69. The van der Waals surface area contributed by atoms with E-state index in [2.05, 4.69) is 18.7 Å². The number of hydrogen-bond acceptors (Lipinski definition) is 0. The Labute approximate surface area is 84.2 Å². The Balaban J connectivity index is 2.95. The minimum absolute atomic E-state index is 0.0770.